The summed E-state index contributed by atoms with van der Waals surface area (Å²) >= 11 is 0. The predicted octanol–water partition coefficient (Wildman–Crippen LogP) is 2.56. The zero-order chi connectivity index (χ0) is 7.11. The van der Waals surface area contributed by atoms with Crippen molar-refractivity contribution in [3.8, 4) is 0 Å². The minimum Gasteiger partial charge on any atom is -0.272 e. The largest absolute Gasteiger partial charge is 0.272 e. The van der Waals surface area contributed by atoms with Crippen LogP contribution in [0.3, 0.4) is 0 Å². The molecule has 0 radical (unpaired) electrons. The van der Waals surface area contributed by atoms with Crippen LogP contribution >= 0.6 is 0 Å². The summed E-state index contributed by atoms with van der Waals surface area (Å²) in [5.74, 6) is 0. The molecule has 0 aromatic carbocycles. The Morgan fingerprint density at radius 1 is 1.67 bits per heavy atom. The molecule has 0 aromatic rings. The van der Waals surface area contributed by atoms with E-state index < -0.39 is 0 Å². The number of allylic oxidation sites excluding steroid dienone is 3. The maximum absolute atomic E-state index is 3.63. The first-order valence-electron chi connectivity index (χ1n) is 3.10. The third-order valence-electron chi connectivity index (χ3n) is 0.911. The first-order chi connectivity index (χ1) is 4.31. The molecule has 0 saturated heterocycles. The molecule has 0 atom stereocenters. The minimum absolute atomic E-state index is 1.07. The summed E-state index contributed by atoms with van der Waals surface area (Å²) in [6.07, 6.45) is 6.94. The molecule has 50 valence electrons. The van der Waals surface area contributed by atoms with Gasteiger partial charge in [-0.1, -0.05) is 19.1 Å². The predicted molar refractivity (Wildman–Crippen MR) is 42.7 cm³/mol. The van der Waals surface area contributed by atoms with Gasteiger partial charge in [0.25, 0.3) is 0 Å². The van der Waals surface area contributed by atoms with Gasteiger partial charge < -0.3 is 0 Å². The molecule has 0 aliphatic heterocycles. The lowest BCUT2D eigenvalue weighted by molar-refractivity contribution is 1.21. The Morgan fingerprint density at radius 3 is 2.78 bits per heavy atom. The van der Waals surface area contributed by atoms with Crippen molar-refractivity contribution in [2.45, 2.75) is 20.3 Å². The molecule has 9 heavy (non-hydrogen) atoms. The molecule has 0 heterocycles. The van der Waals surface area contributed by atoms with E-state index in [1.54, 1.807) is 6.20 Å². The van der Waals surface area contributed by atoms with Gasteiger partial charge in [0.05, 0.1) is 0 Å². The monoisotopic (exact) mass is 123 g/mol. The van der Waals surface area contributed by atoms with Crippen LogP contribution in [0.15, 0.2) is 28.9 Å². The molecule has 0 N–H and O–H groups in total. The van der Waals surface area contributed by atoms with Crippen LogP contribution in [0, 0.1) is 0 Å². The summed E-state index contributed by atoms with van der Waals surface area (Å²) in [5.41, 5.74) is 1.15. The molecule has 0 aromatic heterocycles. The Labute approximate surface area is 56.8 Å². The van der Waals surface area contributed by atoms with Crippen LogP contribution in [-0.4, -0.2) is 6.72 Å². The summed E-state index contributed by atoms with van der Waals surface area (Å²) in [5, 5.41) is 0. The first-order valence-corrected chi connectivity index (χ1v) is 3.10. The summed E-state index contributed by atoms with van der Waals surface area (Å²) < 4.78 is 0. The molecule has 1 heteroatoms. The fourth-order valence-electron chi connectivity index (χ4n) is 0.491. The van der Waals surface area contributed by atoms with Gasteiger partial charge in [0.15, 0.2) is 0 Å². The fraction of sp³-hybridized carbons (Fsp3) is 0.375. The van der Waals surface area contributed by atoms with Crippen LogP contribution in [0.1, 0.15) is 20.3 Å². The molecule has 0 saturated carbocycles. The molecule has 0 rings (SSSR count). The smallest absolute Gasteiger partial charge is 0.0289 e. The van der Waals surface area contributed by atoms with E-state index in [0.29, 0.717) is 0 Å². The molecule has 0 aliphatic rings. The molecule has 0 spiro atoms. The maximum atomic E-state index is 3.63. The van der Waals surface area contributed by atoms with E-state index in [4.69, 9.17) is 0 Å². The molecule has 1 nitrogen and oxygen atoms in total. The topological polar surface area (TPSA) is 12.4 Å². The van der Waals surface area contributed by atoms with Gasteiger partial charge in [-0.15, -0.1) is 0 Å². The van der Waals surface area contributed by atoms with Crippen LogP contribution in [0.25, 0.3) is 0 Å². The fourth-order valence-corrected chi connectivity index (χ4v) is 0.491. The van der Waals surface area contributed by atoms with E-state index in [-0.39, 0.29) is 0 Å². The Bertz CT molecular complexity index is 132. The Hall–Kier alpha value is -0.850. The Kier molecular flexibility index (Phi) is 4.79. The molecule has 0 aliphatic carbocycles. The number of rotatable bonds is 3. The van der Waals surface area contributed by atoms with E-state index in [1.165, 1.54) is 0 Å². The van der Waals surface area contributed by atoms with Gasteiger partial charge >= 0.3 is 0 Å². The normalized spacial score (nSPS) is 12.4. The first kappa shape index (κ1) is 8.15. The van der Waals surface area contributed by atoms with E-state index >= 15 is 0 Å². The average Bonchev–Trinajstić information content (AvgIpc) is 1.85. The number of nitrogens with zero attached hydrogens (tertiary/aromatic N) is 1. The summed E-state index contributed by atoms with van der Waals surface area (Å²) in [4.78, 5) is 3.63. The van der Waals surface area contributed by atoms with Crippen molar-refractivity contribution < 1.29 is 0 Å². The van der Waals surface area contributed by atoms with Crippen molar-refractivity contribution in [1.29, 1.82) is 0 Å². The highest BCUT2D eigenvalue weighted by molar-refractivity contribution is 5.28. The van der Waals surface area contributed by atoms with Gasteiger partial charge in [-0.3, -0.25) is 4.99 Å². The third kappa shape index (κ3) is 5.01. The van der Waals surface area contributed by atoms with Gasteiger partial charge in [0.2, 0.25) is 0 Å². The lowest BCUT2D eigenvalue weighted by Crippen LogP contribution is -1.64. The summed E-state index contributed by atoms with van der Waals surface area (Å²) in [6, 6.07) is 0. The van der Waals surface area contributed by atoms with Gasteiger partial charge in [-0.2, -0.15) is 0 Å². The zero-order valence-corrected chi connectivity index (χ0v) is 6.09. The lowest BCUT2D eigenvalue weighted by Gasteiger charge is -1.84. The SMILES string of the molecule is C=N/C=C(C)\C=C/CC. The van der Waals surface area contributed by atoms with Crippen molar-refractivity contribution >= 4 is 6.72 Å². The van der Waals surface area contributed by atoms with E-state index in [9.17, 15) is 0 Å². The molecular weight excluding hydrogens is 110 g/mol. The summed E-state index contributed by atoms with van der Waals surface area (Å²) in [6.45, 7) is 7.45. The van der Waals surface area contributed by atoms with Crippen molar-refractivity contribution in [2.24, 2.45) is 4.99 Å². The van der Waals surface area contributed by atoms with Gasteiger partial charge in [0.1, 0.15) is 0 Å². The molecule has 0 bridgehead atoms. The Morgan fingerprint density at radius 2 is 2.33 bits per heavy atom. The number of hydrogen-bond donors (Lipinski definition) is 0. The van der Waals surface area contributed by atoms with Gasteiger partial charge in [-0.05, 0) is 25.6 Å². The highest BCUT2D eigenvalue weighted by atomic mass is 14.6. The minimum atomic E-state index is 1.07. The molecule has 0 unspecified atom stereocenters. The van der Waals surface area contributed by atoms with Crippen LogP contribution in [0.5, 0.6) is 0 Å². The number of aliphatic imine (C=N–C) groups is 1. The van der Waals surface area contributed by atoms with Gasteiger partial charge in [-0.25, -0.2) is 0 Å². The molecular formula is C8H13N. The second-order valence-electron chi connectivity index (χ2n) is 1.87. The number of hydrogen-bond acceptors (Lipinski definition) is 1. The lowest BCUT2D eigenvalue weighted by atomic mass is 10.3. The second-order valence-corrected chi connectivity index (χ2v) is 1.87. The zero-order valence-electron chi connectivity index (χ0n) is 6.09. The van der Waals surface area contributed by atoms with Gasteiger partial charge in [0, 0.05) is 6.20 Å². The third-order valence-corrected chi connectivity index (χ3v) is 0.911. The quantitative estimate of drug-likeness (QED) is 0.404. The van der Waals surface area contributed by atoms with Crippen LogP contribution in [-0.2, 0) is 0 Å². The van der Waals surface area contributed by atoms with Crippen molar-refractivity contribution in [3.63, 3.8) is 0 Å². The van der Waals surface area contributed by atoms with Crippen LogP contribution in [0.4, 0.5) is 0 Å². The second kappa shape index (κ2) is 5.29. The average molecular weight is 123 g/mol. The summed E-state index contributed by atoms with van der Waals surface area (Å²) in [7, 11) is 0. The highest BCUT2D eigenvalue weighted by Gasteiger charge is 1.74. The van der Waals surface area contributed by atoms with Crippen LogP contribution < -0.4 is 0 Å². The molecule has 0 amide bonds. The van der Waals surface area contributed by atoms with Crippen molar-refractivity contribution in [2.75, 3.05) is 0 Å². The van der Waals surface area contributed by atoms with Crippen molar-refractivity contribution in [1.82, 2.24) is 0 Å². The van der Waals surface area contributed by atoms with Crippen molar-refractivity contribution in [3.05, 3.63) is 23.9 Å². The van der Waals surface area contributed by atoms with E-state index in [0.717, 1.165) is 12.0 Å². The van der Waals surface area contributed by atoms with E-state index in [2.05, 4.69) is 24.7 Å². The van der Waals surface area contributed by atoms with E-state index in [1.807, 2.05) is 13.0 Å². The highest BCUT2D eigenvalue weighted by Crippen LogP contribution is 1.94. The standard InChI is InChI=1S/C8H13N/c1-4-5-6-8(2)7-9-3/h5-7H,3-4H2,1-2H3/b6-5-,8-7-. The molecule has 0 fully saturated rings. The Balaban J connectivity index is 3.74. The maximum Gasteiger partial charge on any atom is 0.0289 e. The van der Waals surface area contributed by atoms with Crippen LogP contribution in [0.2, 0.25) is 0 Å².